The molecule has 3 nitrogen and oxygen atoms in total. The van der Waals surface area contributed by atoms with E-state index in [4.69, 9.17) is 4.74 Å². The van der Waals surface area contributed by atoms with Gasteiger partial charge in [0.05, 0.1) is 5.56 Å². The lowest BCUT2D eigenvalue weighted by atomic mass is 10.1. The van der Waals surface area contributed by atoms with Crippen molar-refractivity contribution in [3.05, 3.63) is 71.5 Å². The van der Waals surface area contributed by atoms with Crippen LogP contribution < -0.4 is 9.47 Å². The highest BCUT2D eigenvalue weighted by Crippen LogP contribution is 2.30. The first-order valence-electron chi connectivity index (χ1n) is 8.46. The van der Waals surface area contributed by atoms with E-state index in [1.165, 1.54) is 24.3 Å². The fraction of sp³-hybridized carbons (Fsp3) is 0.190. The van der Waals surface area contributed by atoms with Crippen molar-refractivity contribution < 1.29 is 27.4 Å². The Morgan fingerprint density at radius 2 is 1.78 bits per heavy atom. The number of ether oxygens (including phenoxy) is 2. The third-order valence-electron chi connectivity index (χ3n) is 4.05. The molecule has 140 valence electrons. The molecule has 0 unspecified atom stereocenters. The fourth-order valence-electron chi connectivity index (χ4n) is 2.76. The number of hydrogen-bond donors (Lipinski definition) is 0. The molecular formula is C21H17F3O3. The number of carbonyl (C=O) groups is 1. The molecule has 0 heterocycles. The molecule has 0 aliphatic carbocycles. The van der Waals surface area contributed by atoms with E-state index in [1.54, 1.807) is 12.1 Å². The zero-order chi connectivity index (χ0) is 19.4. The van der Waals surface area contributed by atoms with Gasteiger partial charge in [0, 0.05) is 5.39 Å². The van der Waals surface area contributed by atoms with E-state index >= 15 is 0 Å². The van der Waals surface area contributed by atoms with E-state index in [9.17, 15) is 18.0 Å². The molecule has 0 atom stereocenters. The van der Waals surface area contributed by atoms with Gasteiger partial charge in [-0.3, -0.25) is 0 Å². The van der Waals surface area contributed by atoms with Crippen molar-refractivity contribution in [2.75, 3.05) is 0 Å². The van der Waals surface area contributed by atoms with Gasteiger partial charge in [-0.15, -0.1) is 0 Å². The minimum Gasteiger partial charge on any atom is -0.432 e. The van der Waals surface area contributed by atoms with Crippen molar-refractivity contribution in [3.8, 4) is 11.5 Å². The predicted molar refractivity (Wildman–Crippen MR) is 95.9 cm³/mol. The van der Waals surface area contributed by atoms with E-state index in [0.717, 1.165) is 24.5 Å². The molecule has 3 aromatic carbocycles. The predicted octanol–water partition coefficient (Wildman–Crippen LogP) is 5.75. The van der Waals surface area contributed by atoms with Crippen molar-refractivity contribution in [2.45, 2.75) is 26.4 Å². The summed E-state index contributed by atoms with van der Waals surface area (Å²) in [6.07, 6.45) is 1.95. The van der Waals surface area contributed by atoms with Crippen LogP contribution in [0.25, 0.3) is 10.8 Å². The number of alkyl halides is 2. The molecule has 0 aromatic heterocycles. The number of halogens is 3. The van der Waals surface area contributed by atoms with E-state index in [0.29, 0.717) is 10.9 Å². The lowest BCUT2D eigenvalue weighted by molar-refractivity contribution is -0.0520. The standard InChI is InChI=1S/C21H17F3O3/c1-2-3-13-4-6-14(7-5-13)20(25)26-16-9-10-17-15(12-16)8-11-18(19(17)22)27-21(23)24/h4-12,21H,2-3H2,1H3. The molecule has 0 saturated carbocycles. The Hall–Kier alpha value is -3.02. The molecule has 6 heteroatoms. The quantitative estimate of drug-likeness (QED) is 0.407. The summed E-state index contributed by atoms with van der Waals surface area (Å²) in [7, 11) is 0. The Balaban J connectivity index is 1.79. The first kappa shape index (κ1) is 18.8. The summed E-state index contributed by atoms with van der Waals surface area (Å²) >= 11 is 0. The highest BCUT2D eigenvalue weighted by Gasteiger charge is 2.14. The summed E-state index contributed by atoms with van der Waals surface area (Å²) in [4.78, 5) is 12.3. The average molecular weight is 374 g/mol. The van der Waals surface area contributed by atoms with Gasteiger partial charge in [-0.2, -0.15) is 8.78 Å². The first-order valence-corrected chi connectivity index (χ1v) is 8.46. The Labute approximate surface area is 154 Å². The van der Waals surface area contributed by atoms with Crippen molar-refractivity contribution in [3.63, 3.8) is 0 Å². The van der Waals surface area contributed by atoms with E-state index in [2.05, 4.69) is 11.7 Å². The smallest absolute Gasteiger partial charge is 0.387 e. The molecule has 0 fully saturated rings. The Morgan fingerprint density at radius 1 is 1.04 bits per heavy atom. The summed E-state index contributed by atoms with van der Waals surface area (Å²) < 4.78 is 48.3. The monoisotopic (exact) mass is 374 g/mol. The largest absolute Gasteiger partial charge is 0.432 e. The minimum atomic E-state index is -3.11. The van der Waals surface area contributed by atoms with Crippen LogP contribution in [0.5, 0.6) is 11.5 Å². The molecule has 0 aliphatic rings. The highest BCUT2D eigenvalue weighted by atomic mass is 19.3. The van der Waals surface area contributed by atoms with Crippen LogP contribution in [-0.4, -0.2) is 12.6 Å². The van der Waals surface area contributed by atoms with Crippen LogP contribution in [0.1, 0.15) is 29.3 Å². The third kappa shape index (κ3) is 4.39. The number of fused-ring (bicyclic) bond motifs is 1. The second-order valence-corrected chi connectivity index (χ2v) is 5.98. The molecule has 0 amide bonds. The van der Waals surface area contributed by atoms with Gasteiger partial charge in [0.2, 0.25) is 0 Å². The number of aryl methyl sites for hydroxylation is 1. The molecule has 0 spiro atoms. The van der Waals surface area contributed by atoms with Crippen molar-refractivity contribution in [1.29, 1.82) is 0 Å². The van der Waals surface area contributed by atoms with Gasteiger partial charge < -0.3 is 9.47 Å². The fourth-order valence-corrected chi connectivity index (χ4v) is 2.76. The maximum atomic E-state index is 14.2. The first-order chi connectivity index (χ1) is 13.0. The van der Waals surface area contributed by atoms with Crippen molar-refractivity contribution in [2.24, 2.45) is 0 Å². The van der Waals surface area contributed by atoms with E-state index in [1.807, 2.05) is 12.1 Å². The SMILES string of the molecule is CCCc1ccc(C(=O)Oc2ccc3c(F)c(OC(F)F)ccc3c2)cc1. The Bertz CT molecular complexity index is 953. The van der Waals surface area contributed by atoms with Gasteiger partial charge in [0.15, 0.2) is 11.6 Å². The van der Waals surface area contributed by atoms with Crippen LogP contribution in [0.3, 0.4) is 0 Å². The number of benzene rings is 3. The molecule has 0 aliphatic heterocycles. The molecule has 3 rings (SSSR count). The number of esters is 1. The molecule has 27 heavy (non-hydrogen) atoms. The van der Waals surface area contributed by atoms with Crippen molar-refractivity contribution >= 4 is 16.7 Å². The van der Waals surface area contributed by atoms with Crippen LogP contribution in [-0.2, 0) is 6.42 Å². The van der Waals surface area contributed by atoms with Gasteiger partial charge >= 0.3 is 12.6 Å². The van der Waals surface area contributed by atoms with Gasteiger partial charge in [-0.1, -0.05) is 31.5 Å². The molecule has 3 aromatic rings. The maximum absolute atomic E-state index is 14.2. The Morgan fingerprint density at radius 3 is 2.44 bits per heavy atom. The number of hydrogen-bond acceptors (Lipinski definition) is 3. The van der Waals surface area contributed by atoms with Gasteiger partial charge in [-0.05, 0) is 53.8 Å². The third-order valence-corrected chi connectivity index (χ3v) is 4.05. The number of carbonyl (C=O) groups excluding carboxylic acids is 1. The zero-order valence-corrected chi connectivity index (χ0v) is 14.5. The van der Waals surface area contributed by atoms with Crippen LogP contribution in [0.2, 0.25) is 0 Å². The van der Waals surface area contributed by atoms with Gasteiger partial charge in [0.1, 0.15) is 5.75 Å². The lowest BCUT2D eigenvalue weighted by Crippen LogP contribution is -2.08. The van der Waals surface area contributed by atoms with Gasteiger partial charge in [0.25, 0.3) is 0 Å². The van der Waals surface area contributed by atoms with Crippen LogP contribution >= 0.6 is 0 Å². The summed E-state index contributed by atoms with van der Waals surface area (Å²) in [5, 5.41) is 0.495. The lowest BCUT2D eigenvalue weighted by Gasteiger charge is -2.10. The average Bonchev–Trinajstić information content (AvgIpc) is 2.64. The second-order valence-electron chi connectivity index (χ2n) is 5.98. The maximum Gasteiger partial charge on any atom is 0.387 e. The van der Waals surface area contributed by atoms with E-state index in [-0.39, 0.29) is 11.1 Å². The summed E-state index contributed by atoms with van der Waals surface area (Å²) in [6.45, 7) is -1.03. The summed E-state index contributed by atoms with van der Waals surface area (Å²) in [6, 6.07) is 13.9. The minimum absolute atomic E-state index is 0.0943. The van der Waals surface area contributed by atoms with Gasteiger partial charge in [-0.25, -0.2) is 9.18 Å². The van der Waals surface area contributed by atoms with Crippen LogP contribution in [0.15, 0.2) is 54.6 Å². The summed E-state index contributed by atoms with van der Waals surface area (Å²) in [5.41, 5.74) is 1.54. The van der Waals surface area contributed by atoms with Crippen molar-refractivity contribution in [1.82, 2.24) is 0 Å². The van der Waals surface area contributed by atoms with Crippen LogP contribution in [0, 0.1) is 5.82 Å². The zero-order valence-electron chi connectivity index (χ0n) is 14.5. The molecular weight excluding hydrogens is 357 g/mol. The summed E-state index contributed by atoms with van der Waals surface area (Å²) in [5.74, 6) is -1.73. The molecule has 0 radical (unpaired) electrons. The van der Waals surface area contributed by atoms with E-state index < -0.39 is 24.1 Å². The normalized spacial score (nSPS) is 11.0. The molecule has 0 saturated heterocycles. The molecule has 0 N–H and O–H groups in total. The van der Waals surface area contributed by atoms with Crippen LogP contribution in [0.4, 0.5) is 13.2 Å². The number of rotatable bonds is 6. The molecule has 0 bridgehead atoms. The highest BCUT2D eigenvalue weighted by molar-refractivity contribution is 5.92. The Kier molecular flexibility index (Phi) is 5.64. The topological polar surface area (TPSA) is 35.5 Å². The second kappa shape index (κ2) is 8.12.